The van der Waals surface area contributed by atoms with Crippen LogP contribution < -0.4 is 0 Å². The molecule has 0 saturated carbocycles. The van der Waals surface area contributed by atoms with Gasteiger partial charge in [-0.3, -0.25) is 4.79 Å². The van der Waals surface area contributed by atoms with Crippen molar-refractivity contribution in [1.82, 2.24) is 0 Å². The van der Waals surface area contributed by atoms with E-state index in [9.17, 15) is 4.79 Å². The molecule has 0 aliphatic heterocycles. The molecule has 4 heteroatoms. The van der Waals surface area contributed by atoms with Gasteiger partial charge in [-0.05, 0) is 29.5 Å². The van der Waals surface area contributed by atoms with Crippen LogP contribution in [0.4, 0.5) is 0 Å². The van der Waals surface area contributed by atoms with Crippen LogP contribution in [0.2, 0.25) is 0 Å². The number of ketones is 1. The Hall–Kier alpha value is -0.506. The monoisotopic (exact) mass is 383 g/mol. The Bertz CT molecular complexity index is 424. The van der Waals surface area contributed by atoms with E-state index in [1.165, 1.54) is 0 Å². The molecule has 0 aromatic heterocycles. The summed E-state index contributed by atoms with van der Waals surface area (Å²) in [5.74, 6) is 1.06. The van der Waals surface area contributed by atoms with E-state index < -0.39 is 0 Å². The van der Waals surface area contributed by atoms with E-state index in [1.54, 1.807) is 6.08 Å². The van der Waals surface area contributed by atoms with Crippen molar-refractivity contribution in [3.8, 4) is 0 Å². The molecule has 0 unspecified atom stereocenters. The first kappa shape index (κ1) is 26.4. The maximum Gasteiger partial charge on any atom is 0.163 e. The Balaban J connectivity index is -0.000000346. The molecule has 0 atom stereocenters. The fourth-order valence-corrected chi connectivity index (χ4v) is 1.67. The van der Waals surface area contributed by atoms with Crippen molar-refractivity contribution in [2.45, 2.75) is 47.5 Å². The number of hydrogen-bond donors (Lipinski definition) is 2. The maximum atomic E-state index is 11.3. The third-order valence-electron chi connectivity index (χ3n) is 2.32. The summed E-state index contributed by atoms with van der Waals surface area (Å²) >= 11 is 0. The number of carbonyl (C=O) groups is 1. The first-order chi connectivity index (χ1) is 10.0. The van der Waals surface area contributed by atoms with Crippen molar-refractivity contribution in [1.29, 1.82) is 0 Å². The van der Waals surface area contributed by atoms with Gasteiger partial charge in [-0.25, -0.2) is 0 Å². The average molecular weight is 383 g/mol. The quantitative estimate of drug-likeness (QED) is 0.695. The molecule has 3 nitrogen and oxygen atoms in total. The summed E-state index contributed by atoms with van der Waals surface area (Å²) in [7, 11) is 1.00. The molecule has 1 aliphatic rings. The van der Waals surface area contributed by atoms with Crippen LogP contribution in [0.15, 0.2) is 24.5 Å². The van der Waals surface area contributed by atoms with Crippen molar-refractivity contribution < 1.29 is 47.7 Å². The van der Waals surface area contributed by atoms with Crippen LogP contribution in [0.1, 0.15) is 62.5 Å². The van der Waals surface area contributed by atoms with Gasteiger partial charge < -0.3 is 10.2 Å². The molecule has 2 N–H and O–H groups in total. The Morgan fingerprint density at radius 2 is 1.59 bits per heavy atom. The molecule has 1 radical (unpaired) electrons. The Morgan fingerprint density at radius 3 is 2.05 bits per heavy atom. The van der Waals surface area contributed by atoms with E-state index in [0.29, 0.717) is 6.42 Å². The zero-order chi connectivity index (χ0) is 16.8. The molecule has 0 heterocycles. The Labute approximate surface area is 160 Å². The van der Waals surface area contributed by atoms with Gasteiger partial charge >= 0.3 is 0 Å². The summed E-state index contributed by atoms with van der Waals surface area (Å²) in [5.41, 5.74) is 2.88. The standard InChI is InChI=1S/C11H10O2.C4H10.C2H6.CH4O.Y/c12-6-5-8-1-3-10-9(7-8)2-4-11(10)13;1-4(2)3;2*1-2;/h1,3,5-7,12H,2,4H2;4H,1-3H3;1-2H3;2H,1H3;/b6-5-;;;;. The molecule has 0 saturated heterocycles. The van der Waals surface area contributed by atoms with E-state index >= 15 is 0 Å². The normalized spacial score (nSPS) is 11.2. The molecule has 22 heavy (non-hydrogen) atoms. The number of aliphatic hydroxyl groups excluding tert-OH is 2. The number of aryl methyl sites for hydroxylation is 1. The number of hydrogen-bond acceptors (Lipinski definition) is 3. The summed E-state index contributed by atoms with van der Waals surface area (Å²) in [5, 5.41) is 15.6. The van der Waals surface area contributed by atoms with E-state index in [4.69, 9.17) is 10.2 Å². The minimum absolute atomic E-state index is 0. The summed E-state index contributed by atoms with van der Waals surface area (Å²) in [6, 6.07) is 5.63. The molecular weight excluding hydrogens is 353 g/mol. The molecule has 1 aromatic rings. The number of fused-ring (bicyclic) bond motifs is 1. The first-order valence-electron chi connectivity index (χ1n) is 7.46. The van der Waals surface area contributed by atoms with Gasteiger partial charge in [-0.1, -0.05) is 52.8 Å². The van der Waals surface area contributed by atoms with Gasteiger partial charge in [-0.2, -0.15) is 0 Å². The molecule has 0 bridgehead atoms. The predicted octanol–water partition coefficient (Wildman–Crippen LogP) is 4.64. The molecule has 0 spiro atoms. The maximum absolute atomic E-state index is 11.3. The second-order valence-electron chi connectivity index (χ2n) is 4.89. The number of aliphatic hydroxyl groups is 2. The fourth-order valence-electron chi connectivity index (χ4n) is 1.67. The minimum atomic E-state index is 0. The van der Waals surface area contributed by atoms with Gasteiger partial charge in [-0.15, -0.1) is 0 Å². The third-order valence-corrected chi connectivity index (χ3v) is 2.32. The summed E-state index contributed by atoms with van der Waals surface area (Å²) in [6.07, 6.45) is 4.09. The van der Waals surface area contributed by atoms with Crippen LogP contribution in [0.5, 0.6) is 0 Å². The van der Waals surface area contributed by atoms with E-state index in [1.807, 2.05) is 32.0 Å². The predicted molar refractivity (Wildman–Crippen MR) is 90.8 cm³/mol. The van der Waals surface area contributed by atoms with E-state index in [-0.39, 0.29) is 38.5 Å². The average Bonchev–Trinajstić information content (AvgIpc) is 2.84. The van der Waals surface area contributed by atoms with Crippen LogP contribution in [0, 0.1) is 5.92 Å². The van der Waals surface area contributed by atoms with Crippen molar-refractivity contribution in [3.63, 3.8) is 0 Å². The van der Waals surface area contributed by atoms with Gasteiger partial charge in [0.05, 0.1) is 6.26 Å². The van der Waals surface area contributed by atoms with Crippen LogP contribution in [-0.2, 0) is 39.1 Å². The molecular formula is C18H30O3Y. The summed E-state index contributed by atoms with van der Waals surface area (Å²) in [6.45, 7) is 10.5. The van der Waals surface area contributed by atoms with Crippen LogP contribution in [0.3, 0.4) is 0 Å². The van der Waals surface area contributed by atoms with Crippen molar-refractivity contribution >= 4 is 11.9 Å². The van der Waals surface area contributed by atoms with E-state index in [2.05, 4.69) is 20.8 Å². The van der Waals surface area contributed by atoms with Gasteiger partial charge in [0.25, 0.3) is 0 Å². The third kappa shape index (κ3) is 11.1. The minimum Gasteiger partial charge on any atom is -0.516 e. The van der Waals surface area contributed by atoms with Gasteiger partial charge in [0.2, 0.25) is 0 Å². The SMILES string of the molecule is CC.CC(C)C.CO.O=C1CCc2cc(/C=C\O)ccc21.[Y]. The Kier molecular flexibility index (Phi) is 20.2. The largest absolute Gasteiger partial charge is 0.516 e. The molecule has 1 aliphatic carbocycles. The summed E-state index contributed by atoms with van der Waals surface area (Å²) in [4.78, 5) is 11.3. The van der Waals surface area contributed by atoms with Crippen molar-refractivity contribution in [2.24, 2.45) is 5.92 Å². The van der Waals surface area contributed by atoms with Gasteiger partial charge in [0.15, 0.2) is 5.78 Å². The molecule has 0 fully saturated rings. The Morgan fingerprint density at radius 1 is 1.09 bits per heavy atom. The van der Waals surface area contributed by atoms with Crippen molar-refractivity contribution in [3.05, 3.63) is 41.2 Å². The number of rotatable bonds is 1. The second kappa shape index (κ2) is 16.9. The molecule has 0 amide bonds. The van der Waals surface area contributed by atoms with Gasteiger partial charge in [0.1, 0.15) is 0 Å². The van der Waals surface area contributed by atoms with Crippen LogP contribution in [-0.4, -0.2) is 23.1 Å². The number of benzene rings is 1. The van der Waals surface area contributed by atoms with Crippen molar-refractivity contribution in [2.75, 3.05) is 7.11 Å². The number of Topliss-reactive ketones (excluding diaryl/α,β-unsaturated/α-hetero) is 1. The number of carbonyl (C=O) groups excluding carboxylic acids is 1. The van der Waals surface area contributed by atoms with Crippen LogP contribution >= 0.6 is 0 Å². The molecule has 123 valence electrons. The summed E-state index contributed by atoms with van der Waals surface area (Å²) < 4.78 is 0. The first-order valence-corrected chi connectivity index (χ1v) is 7.46. The van der Waals surface area contributed by atoms with Crippen LogP contribution in [0.25, 0.3) is 6.08 Å². The second-order valence-corrected chi connectivity index (χ2v) is 4.89. The smallest absolute Gasteiger partial charge is 0.163 e. The fraction of sp³-hybridized carbons (Fsp3) is 0.500. The van der Waals surface area contributed by atoms with E-state index in [0.717, 1.165) is 42.4 Å². The zero-order valence-electron chi connectivity index (χ0n) is 14.8. The topological polar surface area (TPSA) is 57.5 Å². The molecule has 1 aromatic carbocycles. The molecule has 2 rings (SSSR count). The van der Waals surface area contributed by atoms with Gasteiger partial charge in [0, 0.05) is 51.8 Å². The zero-order valence-corrected chi connectivity index (χ0v) is 17.6.